The second kappa shape index (κ2) is 7.06. The molecule has 1 saturated heterocycles. The lowest BCUT2D eigenvalue weighted by atomic mass is 10.2. The van der Waals surface area contributed by atoms with E-state index in [1.807, 2.05) is 60.1 Å². The molecule has 2 aromatic rings. The first-order valence-electron chi connectivity index (χ1n) is 7.65. The van der Waals surface area contributed by atoms with Crippen LogP contribution in [0.2, 0.25) is 5.02 Å². The van der Waals surface area contributed by atoms with Crippen LogP contribution in [0, 0.1) is 6.92 Å². The Balaban J connectivity index is 1.81. The van der Waals surface area contributed by atoms with Gasteiger partial charge >= 0.3 is 7.67 Å². The molecule has 6 heteroatoms. The first-order valence-corrected chi connectivity index (χ1v) is 9.61. The molecule has 1 N–H and O–H groups in total. The van der Waals surface area contributed by atoms with E-state index in [9.17, 15) is 4.57 Å². The van der Waals surface area contributed by atoms with E-state index in [1.165, 1.54) is 0 Å². The third-order valence-electron chi connectivity index (χ3n) is 3.88. The van der Waals surface area contributed by atoms with E-state index in [-0.39, 0.29) is 0 Å². The minimum atomic E-state index is -3.10. The van der Waals surface area contributed by atoms with Crippen LogP contribution in [0.25, 0.3) is 0 Å². The number of rotatable bonds is 4. The van der Waals surface area contributed by atoms with Crippen LogP contribution in [-0.4, -0.2) is 17.8 Å². The molecule has 122 valence electrons. The van der Waals surface area contributed by atoms with E-state index in [2.05, 4.69) is 5.09 Å². The van der Waals surface area contributed by atoms with Gasteiger partial charge in [0, 0.05) is 23.8 Å². The van der Waals surface area contributed by atoms with Crippen molar-refractivity contribution < 1.29 is 9.09 Å². The van der Waals surface area contributed by atoms with Gasteiger partial charge in [-0.15, -0.1) is 0 Å². The molecule has 1 aliphatic heterocycles. The Morgan fingerprint density at radius 3 is 2.70 bits per heavy atom. The summed E-state index contributed by atoms with van der Waals surface area (Å²) in [7, 11) is -3.10. The zero-order valence-corrected chi connectivity index (χ0v) is 14.7. The molecule has 0 unspecified atom stereocenters. The van der Waals surface area contributed by atoms with Crippen molar-refractivity contribution in [2.75, 3.05) is 18.2 Å². The second-order valence-electron chi connectivity index (χ2n) is 5.65. The van der Waals surface area contributed by atoms with Crippen molar-refractivity contribution in [3.05, 3.63) is 64.7 Å². The Morgan fingerprint density at radius 1 is 1.22 bits per heavy atom. The zero-order chi connectivity index (χ0) is 16.3. The van der Waals surface area contributed by atoms with Gasteiger partial charge in [0.15, 0.2) is 0 Å². The third kappa shape index (κ3) is 3.96. The second-order valence-corrected chi connectivity index (χ2v) is 8.17. The van der Waals surface area contributed by atoms with Crippen molar-refractivity contribution in [2.45, 2.75) is 19.9 Å². The molecule has 0 amide bonds. The first-order chi connectivity index (χ1) is 11.1. The monoisotopic (exact) mass is 350 g/mol. The van der Waals surface area contributed by atoms with Crippen LogP contribution < -0.4 is 5.09 Å². The quantitative estimate of drug-likeness (QED) is 0.780. The molecule has 0 spiro atoms. The average molecular weight is 351 g/mol. The minimum absolute atomic E-state index is 0.507. The summed E-state index contributed by atoms with van der Waals surface area (Å²) in [5, 5.41) is 3.84. The number of nitrogens with one attached hydrogen (secondary N) is 1. The van der Waals surface area contributed by atoms with Crippen LogP contribution in [-0.2, 0) is 15.6 Å². The van der Waals surface area contributed by atoms with E-state index >= 15 is 0 Å². The summed E-state index contributed by atoms with van der Waals surface area (Å²) in [6.07, 6.45) is 0.868. The van der Waals surface area contributed by atoms with Gasteiger partial charge in [0.25, 0.3) is 0 Å². The Hall–Kier alpha value is -1.32. The molecule has 0 aliphatic carbocycles. The smallest absolute Gasteiger partial charge is 0.303 e. The molecule has 1 fully saturated rings. The van der Waals surface area contributed by atoms with Crippen LogP contribution in [0.15, 0.2) is 48.5 Å². The summed E-state index contributed by atoms with van der Waals surface area (Å²) < 4.78 is 20.9. The molecule has 1 heterocycles. The lowest BCUT2D eigenvalue weighted by molar-refractivity contribution is 0.206. The molecule has 4 nitrogen and oxygen atoms in total. The predicted molar refractivity (Wildman–Crippen MR) is 94.8 cm³/mol. The Kier molecular flexibility index (Phi) is 5.08. The topological polar surface area (TPSA) is 41.6 Å². The molecule has 0 radical (unpaired) electrons. The fraction of sp³-hybridized carbons (Fsp3) is 0.294. The maximum atomic E-state index is 13.3. The highest BCUT2D eigenvalue weighted by atomic mass is 35.5. The van der Waals surface area contributed by atoms with Gasteiger partial charge in [-0.25, -0.2) is 9.24 Å². The summed E-state index contributed by atoms with van der Waals surface area (Å²) in [4.78, 5) is 0. The van der Waals surface area contributed by atoms with E-state index in [4.69, 9.17) is 16.1 Å². The fourth-order valence-electron chi connectivity index (χ4n) is 2.57. The summed E-state index contributed by atoms with van der Waals surface area (Å²) in [6, 6.07) is 15.4. The predicted octanol–water partition coefficient (Wildman–Crippen LogP) is 5.09. The normalized spacial score (nSPS) is 22.0. The SMILES string of the molecule is Cc1ccccc1N[P@@]1(=O)OCCCN1Cc1ccc(Cl)cc1. The van der Waals surface area contributed by atoms with Crippen molar-refractivity contribution >= 4 is 25.0 Å². The number of nitrogens with zero attached hydrogens (tertiary/aromatic N) is 1. The Morgan fingerprint density at radius 2 is 1.96 bits per heavy atom. The minimum Gasteiger partial charge on any atom is -0.303 e. The molecule has 2 aromatic carbocycles. The van der Waals surface area contributed by atoms with Crippen LogP contribution in [0.5, 0.6) is 0 Å². The molecule has 0 bridgehead atoms. The van der Waals surface area contributed by atoms with E-state index in [0.29, 0.717) is 18.2 Å². The highest BCUT2D eigenvalue weighted by Crippen LogP contribution is 2.53. The van der Waals surface area contributed by atoms with Crippen molar-refractivity contribution in [1.29, 1.82) is 0 Å². The molecular weight excluding hydrogens is 331 g/mol. The Labute approximate surface area is 142 Å². The van der Waals surface area contributed by atoms with Gasteiger partial charge in [0.05, 0.1) is 6.61 Å². The van der Waals surface area contributed by atoms with Crippen molar-refractivity contribution in [3.63, 3.8) is 0 Å². The largest absolute Gasteiger partial charge is 0.368 e. The molecular formula is C17H20ClN2O2P. The number of hydrogen-bond donors (Lipinski definition) is 1. The van der Waals surface area contributed by atoms with Gasteiger partial charge < -0.3 is 9.61 Å². The van der Waals surface area contributed by atoms with Crippen molar-refractivity contribution in [1.82, 2.24) is 4.67 Å². The van der Waals surface area contributed by atoms with Crippen LogP contribution in [0.4, 0.5) is 5.69 Å². The zero-order valence-electron chi connectivity index (χ0n) is 13.0. The first kappa shape index (κ1) is 16.5. The van der Waals surface area contributed by atoms with Gasteiger partial charge in [-0.3, -0.25) is 0 Å². The lowest BCUT2D eigenvalue weighted by Crippen LogP contribution is -2.31. The number of halogens is 1. The van der Waals surface area contributed by atoms with Crippen LogP contribution in [0.1, 0.15) is 17.5 Å². The van der Waals surface area contributed by atoms with Gasteiger partial charge in [0.2, 0.25) is 0 Å². The van der Waals surface area contributed by atoms with Gasteiger partial charge in [-0.05, 0) is 42.7 Å². The fourth-order valence-corrected chi connectivity index (χ4v) is 4.76. The highest BCUT2D eigenvalue weighted by molar-refractivity contribution is 7.58. The maximum Gasteiger partial charge on any atom is 0.368 e. The summed E-state index contributed by atoms with van der Waals surface area (Å²) >= 11 is 5.93. The maximum absolute atomic E-state index is 13.3. The lowest BCUT2D eigenvalue weighted by Gasteiger charge is -2.35. The van der Waals surface area contributed by atoms with Crippen LogP contribution in [0.3, 0.4) is 0 Å². The summed E-state index contributed by atoms with van der Waals surface area (Å²) in [5.74, 6) is 0. The van der Waals surface area contributed by atoms with Crippen molar-refractivity contribution in [3.8, 4) is 0 Å². The number of hydrogen-bond acceptors (Lipinski definition) is 2. The van der Waals surface area contributed by atoms with Crippen molar-refractivity contribution in [2.24, 2.45) is 0 Å². The molecule has 0 aromatic heterocycles. The molecule has 1 atom stereocenters. The number of aryl methyl sites for hydroxylation is 1. The van der Waals surface area contributed by atoms with Gasteiger partial charge in [-0.2, -0.15) is 0 Å². The van der Waals surface area contributed by atoms with E-state index in [1.54, 1.807) is 0 Å². The Bertz CT molecular complexity index is 721. The summed E-state index contributed by atoms with van der Waals surface area (Å²) in [6.45, 7) is 3.79. The third-order valence-corrected chi connectivity index (χ3v) is 6.28. The van der Waals surface area contributed by atoms with Crippen LogP contribution >= 0.6 is 19.3 Å². The van der Waals surface area contributed by atoms with Gasteiger partial charge in [-0.1, -0.05) is 41.9 Å². The highest BCUT2D eigenvalue weighted by Gasteiger charge is 2.35. The molecule has 3 rings (SSSR count). The molecule has 23 heavy (non-hydrogen) atoms. The number of benzene rings is 2. The molecule has 0 saturated carbocycles. The standard InChI is InChI=1S/C17H20ClN2O2P/c1-14-5-2-3-6-17(14)19-23(21)20(11-4-12-22-23)13-15-7-9-16(18)10-8-15/h2-3,5-10H,4,11-13H2,1H3,(H,19,21)/t23-/m1/s1. The average Bonchev–Trinajstić information content (AvgIpc) is 2.54. The molecule has 1 aliphatic rings. The van der Waals surface area contributed by atoms with E-state index in [0.717, 1.165) is 29.8 Å². The number of anilines is 1. The van der Waals surface area contributed by atoms with Gasteiger partial charge in [0.1, 0.15) is 0 Å². The van der Waals surface area contributed by atoms with E-state index < -0.39 is 7.67 Å². The summed E-state index contributed by atoms with van der Waals surface area (Å²) in [5.41, 5.74) is 2.95. The number of para-hydroxylation sites is 1.